The molecule has 0 radical (unpaired) electrons. The van der Waals surface area contributed by atoms with Crippen molar-refractivity contribution >= 4 is 15.7 Å². The number of anilines is 1. The lowest BCUT2D eigenvalue weighted by Crippen LogP contribution is -2.43. The SMILES string of the molecule is COc1ccc(N[C@H]2CCC[C@@H]2NS(=O)(=O)c2ccc(C)cc2)cc1. The fraction of sp³-hybridized carbons (Fsp3) is 0.368. The summed E-state index contributed by atoms with van der Waals surface area (Å²) in [5.74, 6) is 0.800. The monoisotopic (exact) mass is 360 g/mol. The number of nitrogens with one attached hydrogen (secondary N) is 2. The molecule has 0 aromatic heterocycles. The summed E-state index contributed by atoms with van der Waals surface area (Å²) in [6.07, 6.45) is 2.76. The Hall–Kier alpha value is -2.05. The number of methoxy groups -OCH3 is 1. The molecule has 2 aromatic rings. The standard InChI is InChI=1S/C19H24N2O3S/c1-14-6-12-17(13-7-14)25(22,23)21-19-5-3-4-18(19)20-15-8-10-16(24-2)11-9-15/h6-13,18-21H,3-5H2,1-2H3/t18-,19-/m0/s1. The summed E-state index contributed by atoms with van der Waals surface area (Å²) >= 11 is 0. The van der Waals surface area contributed by atoms with Gasteiger partial charge in [0.05, 0.1) is 12.0 Å². The largest absolute Gasteiger partial charge is 0.497 e. The second kappa shape index (κ2) is 7.45. The Labute approximate surface area is 149 Å². The van der Waals surface area contributed by atoms with Crippen molar-refractivity contribution in [1.82, 2.24) is 4.72 Å². The van der Waals surface area contributed by atoms with Gasteiger partial charge in [-0.1, -0.05) is 17.7 Å². The fourth-order valence-electron chi connectivity index (χ4n) is 3.16. The number of hydrogen-bond acceptors (Lipinski definition) is 4. The van der Waals surface area contributed by atoms with Crippen LogP contribution in [-0.2, 0) is 10.0 Å². The third-order valence-corrected chi connectivity index (χ3v) is 6.10. The first-order valence-corrected chi connectivity index (χ1v) is 9.96. The lowest BCUT2D eigenvalue weighted by Gasteiger charge is -2.23. The molecule has 5 nitrogen and oxygen atoms in total. The predicted molar refractivity (Wildman–Crippen MR) is 99.5 cm³/mol. The molecule has 1 aliphatic carbocycles. The second-order valence-electron chi connectivity index (χ2n) is 6.45. The Morgan fingerprint density at radius 2 is 1.60 bits per heavy atom. The number of hydrogen-bond donors (Lipinski definition) is 2. The van der Waals surface area contributed by atoms with Crippen LogP contribution >= 0.6 is 0 Å². The van der Waals surface area contributed by atoms with Gasteiger partial charge in [-0.3, -0.25) is 0 Å². The van der Waals surface area contributed by atoms with Crippen molar-refractivity contribution in [3.63, 3.8) is 0 Å². The van der Waals surface area contributed by atoms with Crippen molar-refractivity contribution in [2.45, 2.75) is 43.2 Å². The van der Waals surface area contributed by atoms with Crippen molar-refractivity contribution in [2.75, 3.05) is 12.4 Å². The maximum Gasteiger partial charge on any atom is 0.240 e. The third kappa shape index (κ3) is 4.32. The number of rotatable bonds is 6. The van der Waals surface area contributed by atoms with Crippen LogP contribution in [0, 0.1) is 6.92 Å². The Bertz CT molecular complexity index is 802. The lowest BCUT2D eigenvalue weighted by atomic mass is 10.1. The van der Waals surface area contributed by atoms with Gasteiger partial charge in [0.25, 0.3) is 0 Å². The van der Waals surface area contributed by atoms with Gasteiger partial charge >= 0.3 is 0 Å². The summed E-state index contributed by atoms with van der Waals surface area (Å²) < 4.78 is 33.3. The van der Waals surface area contributed by atoms with Crippen LogP contribution in [0.1, 0.15) is 24.8 Å². The first-order chi connectivity index (χ1) is 12.0. The number of aryl methyl sites for hydroxylation is 1. The average Bonchev–Trinajstić information content (AvgIpc) is 3.02. The van der Waals surface area contributed by atoms with E-state index < -0.39 is 10.0 Å². The number of ether oxygens (including phenoxy) is 1. The minimum Gasteiger partial charge on any atom is -0.497 e. The van der Waals surface area contributed by atoms with Crippen molar-refractivity contribution in [2.24, 2.45) is 0 Å². The third-order valence-electron chi connectivity index (χ3n) is 4.60. The zero-order valence-electron chi connectivity index (χ0n) is 14.5. The summed E-state index contributed by atoms with van der Waals surface area (Å²) in [5.41, 5.74) is 2.01. The normalized spacial score (nSPS) is 20.4. The predicted octanol–water partition coefficient (Wildman–Crippen LogP) is 3.32. The zero-order valence-corrected chi connectivity index (χ0v) is 15.3. The summed E-state index contributed by atoms with van der Waals surface area (Å²) in [6.45, 7) is 1.94. The van der Waals surface area contributed by atoms with Crippen LogP contribution in [-0.4, -0.2) is 27.6 Å². The molecule has 2 atom stereocenters. The summed E-state index contributed by atoms with van der Waals surface area (Å²) in [6, 6.07) is 14.6. The molecule has 3 rings (SSSR count). The fourth-order valence-corrected chi connectivity index (χ4v) is 4.47. The molecule has 0 amide bonds. The molecule has 0 bridgehead atoms. The number of sulfonamides is 1. The van der Waals surface area contributed by atoms with Gasteiger partial charge in [-0.05, 0) is 62.6 Å². The second-order valence-corrected chi connectivity index (χ2v) is 8.17. The van der Waals surface area contributed by atoms with E-state index in [1.165, 1.54) is 0 Å². The Morgan fingerprint density at radius 3 is 2.24 bits per heavy atom. The van der Waals surface area contributed by atoms with Gasteiger partial charge in [0.1, 0.15) is 5.75 Å². The van der Waals surface area contributed by atoms with E-state index >= 15 is 0 Å². The first-order valence-electron chi connectivity index (χ1n) is 8.47. The van der Waals surface area contributed by atoms with Gasteiger partial charge < -0.3 is 10.1 Å². The van der Waals surface area contributed by atoms with Gasteiger partial charge in [0.15, 0.2) is 0 Å². The molecule has 134 valence electrons. The Kier molecular flexibility index (Phi) is 5.30. The van der Waals surface area contributed by atoms with Crippen LogP contribution in [0.25, 0.3) is 0 Å². The highest BCUT2D eigenvalue weighted by atomic mass is 32.2. The molecule has 25 heavy (non-hydrogen) atoms. The molecule has 2 aromatic carbocycles. The molecule has 1 fully saturated rings. The maximum absolute atomic E-state index is 12.6. The molecule has 1 saturated carbocycles. The van der Waals surface area contributed by atoms with E-state index in [-0.39, 0.29) is 12.1 Å². The summed E-state index contributed by atoms with van der Waals surface area (Å²) in [7, 11) is -1.87. The van der Waals surface area contributed by atoms with E-state index in [1.807, 2.05) is 43.3 Å². The van der Waals surface area contributed by atoms with Gasteiger partial charge in [0, 0.05) is 17.8 Å². The lowest BCUT2D eigenvalue weighted by molar-refractivity contribution is 0.415. The van der Waals surface area contributed by atoms with E-state index in [0.29, 0.717) is 4.90 Å². The van der Waals surface area contributed by atoms with Crippen molar-refractivity contribution in [3.8, 4) is 5.75 Å². The first kappa shape index (κ1) is 17.8. The highest BCUT2D eigenvalue weighted by molar-refractivity contribution is 7.89. The molecule has 0 aliphatic heterocycles. The van der Waals surface area contributed by atoms with Crippen LogP contribution in [0.4, 0.5) is 5.69 Å². The highest BCUT2D eigenvalue weighted by Gasteiger charge is 2.31. The van der Waals surface area contributed by atoms with E-state index in [2.05, 4.69) is 10.0 Å². The Balaban J connectivity index is 1.69. The molecule has 0 saturated heterocycles. The number of benzene rings is 2. The molecule has 1 aliphatic rings. The molecular weight excluding hydrogens is 336 g/mol. The molecule has 0 spiro atoms. The van der Waals surface area contributed by atoms with Crippen LogP contribution in [0.15, 0.2) is 53.4 Å². The molecule has 2 N–H and O–H groups in total. The van der Waals surface area contributed by atoms with E-state index in [0.717, 1.165) is 36.3 Å². The average molecular weight is 360 g/mol. The molecule has 0 unspecified atom stereocenters. The minimum absolute atomic E-state index is 0.0774. The van der Waals surface area contributed by atoms with Crippen LogP contribution < -0.4 is 14.8 Å². The van der Waals surface area contributed by atoms with E-state index in [1.54, 1.807) is 19.2 Å². The van der Waals surface area contributed by atoms with E-state index in [9.17, 15) is 8.42 Å². The highest BCUT2D eigenvalue weighted by Crippen LogP contribution is 2.26. The maximum atomic E-state index is 12.6. The molecule has 0 heterocycles. The van der Waals surface area contributed by atoms with Gasteiger partial charge in [-0.2, -0.15) is 0 Å². The van der Waals surface area contributed by atoms with Crippen LogP contribution in [0.2, 0.25) is 0 Å². The van der Waals surface area contributed by atoms with Crippen LogP contribution in [0.3, 0.4) is 0 Å². The topological polar surface area (TPSA) is 67.4 Å². The quantitative estimate of drug-likeness (QED) is 0.829. The minimum atomic E-state index is -3.51. The van der Waals surface area contributed by atoms with E-state index in [4.69, 9.17) is 4.74 Å². The smallest absolute Gasteiger partial charge is 0.240 e. The summed E-state index contributed by atoms with van der Waals surface area (Å²) in [4.78, 5) is 0.313. The van der Waals surface area contributed by atoms with Gasteiger partial charge in [-0.25, -0.2) is 13.1 Å². The zero-order chi connectivity index (χ0) is 17.9. The summed E-state index contributed by atoms with van der Waals surface area (Å²) in [5, 5.41) is 3.44. The van der Waals surface area contributed by atoms with Gasteiger partial charge in [0.2, 0.25) is 10.0 Å². The van der Waals surface area contributed by atoms with Gasteiger partial charge in [-0.15, -0.1) is 0 Å². The van der Waals surface area contributed by atoms with Crippen LogP contribution in [0.5, 0.6) is 5.75 Å². The van der Waals surface area contributed by atoms with Crippen molar-refractivity contribution in [1.29, 1.82) is 0 Å². The Morgan fingerprint density at radius 1 is 0.960 bits per heavy atom. The van der Waals surface area contributed by atoms with Crippen molar-refractivity contribution < 1.29 is 13.2 Å². The molecule has 6 heteroatoms. The molecular formula is C19H24N2O3S. The van der Waals surface area contributed by atoms with Crippen molar-refractivity contribution in [3.05, 3.63) is 54.1 Å².